The summed E-state index contributed by atoms with van der Waals surface area (Å²) in [4.78, 5) is -3.04. The molecule has 0 aromatic heterocycles. The summed E-state index contributed by atoms with van der Waals surface area (Å²) in [6.45, 7) is 1.83. The molecule has 0 amide bonds. The van der Waals surface area contributed by atoms with Crippen molar-refractivity contribution < 1.29 is 40.6 Å². The van der Waals surface area contributed by atoms with Gasteiger partial charge in [-0.25, -0.2) is 31.2 Å². The Hall–Kier alpha value is -1.14. The van der Waals surface area contributed by atoms with Crippen LogP contribution in [0.1, 0.15) is 19.8 Å². The molecule has 1 aromatic carbocycles. The summed E-state index contributed by atoms with van der Waals surface area (Å²) >= 11 is -0.365. The Morgan fingerprint density at radius 3 is 2.13 bits per heavy atom. The minimum Gasteiger partial charge on any atom is -0.223 e. The first kappa shape index (κ1) is 19.9. The van der Waals surface area contributed by atoms with E-state index < -0.39 is 48.6 Å². The molecule has 0 aliphatic rings. The first-order chi connectivity index (χ1) is 10.8. The molecule has 0 atom stereocenters. The van der Waals surface area contributed by atoms with Crippen LogP contribution in [0.4, 0.5) is 17.6 Å². The second kappa shape index (κ2) is 8.64. The van der Waals surface area contributed by atoms with E-state index in [2.05, 4.69) is 9.37 Å². The number of unbranched alkanes of at least 4 members (excludes halogenated alkanes) is 1. The summed E-state index contributed by atoms with van der Waals surface area (Å²) in [5.74, 6) is -8.96. The van der Waals surface area contributed by atoms with Gasteiger partial charge in [-0.05, 0) is 6.42 Å². The topological polar surface area (TPSA) is 72.8 Å². The molecule has 0 saturated carbocycles. The minimum absolute atomic E-state index is 0.365. The van der Waals surface area contributed by atoms with Crippen molar-refractivity contribution in [2.24, 2.45) is 0 Å². The molecule has 0 unspecified atom stereocenters. The van der Waals surface area contributed by atoms with Crippen molar-refractivity contribution in [1.29, 1.82) is 0 Å². The monoisotopic (exact) mass is 376 g/mol. The Morgan fingerprint density at radius 2 is 1.65 bits per heavy atom. The van der Waals surface area contributed by atoms with Crippen LogP contribution in [0.3, 0.4) is 0 Å². The molecule has 0 saturated heterocycles. The smallest absolute Gasteiger partial charge is 0.187 e. The van der Waals surface area contributed by atoms with Gasteiger partial charge in [0, 0.05) is 0 Å². The van der Waals surface area contributed by atoms with Crippen molar-refractivity contribution in [3.8, 4) is 0 Å². The molecular formula is C12H12F4O5S2. The summed E-state index contributed by atoms with van der Waals surface area (Å²) in [5.41, 5.74) is 0. The standard InChI is InChI=1S/C12H12F4O5S2/c1-2-3-4-5-6-23(18,19)12-9(15)7(13)11(22-21-20-17)8(14)10(12)16/h4-5,17H,2-3,6H2,1H3/b5-4+. The molecule has 1 N–H and O–H groups in total. The molecule has 0 bridgehead atoms. The third kappa shape index (κ3) is 4.67. The maximum absolute atomic E-state index is 13.8. The van der Waals surface area contributed by atoms with Gasteiger partial charge < -0.3 is 0 Å². The van der Waals surface area contributed by atoms with Gasteiger partial charge in [0.15, 0.2) is 33.1 Å². The Bertz CT molecular complexity index is 662. The predicted molar refractivity (Wildman–Crippen MR) is 73.0 cm³/mol. The number of hydrogen-bond donors (Lipinski definition) is 1. The van der Waals surface area contributed by atoms with Gasteiger partial charge in [0.05, 0.1) is 17.8 Å². The largest absolute Gasteiger partial charge is 0.223 e. The van der Waals surface area contributed by atoms with Gasteiger partial charge in [-0.2, -0.15) is 0 Å². The lowest BCUT2D eigenvalue weighted by Gasteiger charge is -2.10. The number of allylic oxidation sites excluding steroid dienone is 1. The Balaban J connectivity index is 3.32. The highest BCUT2D eigenvalue weighted by Gasteiger charge is 2.33. The van der Waals surface area contributed by atoms with Crippen LogP contribution < -0.4 is 0 Å². The Morgan fingerprint density at radius 1 is 1.09 bits per heavy atom. The maximum Gasteiger partial charge on any atom is 0.187 e. The normalized spacial score (nSPS) is 12.3. The van der Waals surface area contributed by atoms with Gasteiger partial charge in [-0.15, -0.1) is 4.33 Å². The van der Waals surface area contributed by atoms with Crippen molar-refractivity contribution in [1.82, 2.24) is 0 Å². The molecule has 11 heteroatoms. The number of rotatable bonds is 8. The van der Waals surface area contributed by atoms with E-state index in [1.165, 1.54) is 6.08 Å². The molecule has 5 nitrogen and oxygen atoms in total. The van der Waals surface area contributed by atoms with Crippen molar-refractivity contribution >= 4 is 21.9 Å². The first-order valence-corrected chi connectivity index (χ1v) is 8.55. The number of sulfone groups is 1. The molecule has 0 spiro atoms. The second-order valence-electron chi connectivity index (χ2n) is 4.18. The molecule has 0 aliphatic carbocycles. The zero-order valence-corrected chi connectivity index (χ0v) is 13.3. The average molecular weight is 376 g/mol. The van der Waals surface area contributed by atoms with Crippen molar-refractivity contribution in [3.63, 3.8) is 0 Å². The summed E-state index contributed by atoms with van der Waals surface area (Å²) in [7, 11) is -4.63. The molecule has 23 heavy (non-hydrogen) atoms. The molecule has 0 radical (unpaired) electrons. The van der Waals surface area contributed by atoms with Crippen molar-refractivity contribution in [2.75, 3.05) is 5.75 Å². The van der Waals surface area contributed by atoms with Gasteiger partial charge in [0.1, 0.15) is 9.79 Å². The molecule has 0 aliphatic heterocycles. The minimum atomic E-state index is -4.63. The molecule has 130 valence electrons. The number of benzene rings is 1. The molecule has 0 heterocycles. The lowest BCUT2D eigenvalue weighted by Crippen LogP contribution is -2.14. The summed E-state index contributed by atoms with van der Waals surface area (Å²) < 4.78 is 82.6. The van der Waals surface area contributed by atoms with Crippen LogP contribution in [0.15, 0.2) is 21.9 Å². The van der Waals surface area contributed by atoms with Gasteiger partial charge in [0.2, 0.25) is 0 Å². The molecular weight excluding hydrogens is 364 g/mol. The van der Waals surface area contributed by atoms with E-state index in [0.717, 1.165) is 12.5 Å². The van der Waals surface area contributed by atoms with E-state index >= 15 is 0 Å². The van der Waals surface area contributed by atoms with Gasteiger partial charge in [0.25, 0.3) is 0 Å². The van der Waals surface area contributed by atoms with Crippen LogP contribution in [0.25, 0.3) is 0 Å². The lowest BCUT2D eigenvalue weighted by molar-refractivity contribution is -0.432. The summed E-state index contributed by atoms with van der Waals surface area (Å²) in [6, 6.07) is 0. The van der Waals surface area contributed by atoms with Gasteiger partial charge in [-0.1, -0.05) is 30.5 Å². The van der Waals surface area contributed by atoms with E-state index in [1.807, 2.05) is 6.92 Å². The van der Waals surface area contributed by atoms with E-state index in [0.29, 0.717) is 6.42 Å². The van der Waals surface area contributed by atoms with Crippen LogP contribution in [0.5, 0.6) is 0 Å². The molecule has 0 fully saturated rings. The third-order valence-electron chi connectivity index (χ3n) is 2.58. The third-order valence-corrected chi connectivity index (χ3v) is 4.84. The predicted octanol–water partition coefficient (Wildman–Crippen LogP) is 3.80. The molecule has 1 rings (SSSR count). The van der Waals surface area contributed by atoms with E-state index in [4.69, 9.17) is 5.26 Å². The average Bonchev–Trinajstić information content (AvgIpc) is 2.50. The Kier molecular flexibility index (Phi) is 7.48. The molecule has 1 aromatic rings. The highest BCUT2D eigenvalue weighted by atomic mass is 32.2. The first-order valence-electron chi connectivity index (χ1n) is 6.16. The maximum atomic E-state index is 13.8. The highest BCUT2D eigenvalue weighted by Crippen LogP contribution is 2.34. The zero-order valence-electron chi connectivity index (χ0n) is 11.7. The van der Waals surface area contributed by atoms with Gasteiger partial charge in [-0.3, -0.25) is 0 Å². The SMILES string of the molecule is CCC/C=C/CS(=O)(=O)c1c(F)c(F)c(SOOO)c(F)c1F. The van der Waals surface area contributed by atoms with E-state index in [-0.39, 0.29) is 12.0 Å². The number of hydrogen-bond acceptors (Lipinski definition) is 6. The fraction of sp³-hybridized carbons (Fsp3) is 0.333. The lowest BCUT2D eigenvalue weighted by atomic mass is 10.3. The van der Waals surface area contributed by atoms with Crippen LogP contribution >= 0.6 is 12.0 Å². The van der Waals surface area contributed by atoms with Crippen LogP contribution in [0, 0.1) is 23.3 Å². The van der Waals surface area contributed by atoms with Crippen LogP contribution in [0.2, 0.25) is 0 Å². The van der Waals surface area contributed by atoms with Crippen LogP contribution in [-0.2, 0) is 19.2 Å². The van der Waals surface area contributed by atoms with Crippen molar-refractivity contribution in [2.45, 2.75) is 29.6 Å². The Labute approximate surface area is 133 Å². The van der Waals surface area contributed by atoms with E-state index in [1.54, 1.807) is 0 Å². The van der Waals surface area contributed by atoms with Gasteiger partial charge >= 0.3 is 0 Å². The quantitative estimate of drug-likeness (QED) is 0.186. The van der Waals surface area contributed by atoms with Crippen molar-refractivity contribution in [3.05, 3.63) is 35.4 Å². The summed E-state index contributed by atoms with van der Waals surface area (Å²) in [5, 5.41) is 11.0. The fourth-order valence-corrected chi connectivity index (χ4v) is 3.25. The highest BCUT2D eigenvalue weighted by molar-refractivity contribution is 7.94. The zero-order chi connectivity index (χ0) is 17.6. The second-order valence-corrected chi connectivity index (χ2v) is 6.86. The number of halogens is 4. The van der Waals surface area contributed by atoms with Crippen LogP contribution in [-0.4, -0.2) is 19.4 Å². The van der Waals surface area contributed by atoms with E-state index in [9.17, 15) is 26.0 Å². The summed E-state index contributed by atoms with van der Waals surface area (Å²) in [6.07, 6.45) is 3.87. The fourth-order valence-electron chi connectivity index (χ4n) is 1.55.